The standard InChI is InChI=1S/C10H15F5N2O2/c1-2-17-4-3-7(9(11,12)5-17)16-8(18)19-6-10(13,14)15/h7H,2-6H2,1H3,(H,16,18)/t7-/m0/s1. The lowest BCUT2D eigenvalue weighted by atomic mass is 10.0. The summed E-state index contributed by atoms with van der Waals surface area (Å²) >= 11 is 0. The molecule has 0 aromatic heterocycles. The summed E-state index contributed by atoms with van der Waals surface area (Å²) in [7, 11) is 0. The van der Waals surface area contributed by atoms with Gasteiger partial charge in [0.25, 0.3) is 5.92 Å². The van der Waals surface area contributed by atoms with Gasteiger partial charge in [-0.15, -0.1) is 0 Å². The van der Waals surface area contributed by atoms with Crippen molar-refractivity contribution < 1.29 is 31.5 Å². The number of nitrogens with zero attached hydrogens (tertiary/aromatic N) is 1. The van der Waals surface area contributed by atoms with E-state index >= 15 is 0 Å². The van der Waals surface area contributed by atoms with E-state index in [1.165, 1.54) is 4.90 Å². The SMILES string of the molecule is CCN1CC[C@H](NC(=O)OCC(F)(F)F)C(F)(F)C1. The second-order valence-electron chi connectivity index (χ2n) is 4.31. The minimum Gasteiger partial charge on any atom is -0.440 e. The lowest BCUT2D eigenvalue weighted by Gasteiger charge is -2.37. The van der Waals surface area contributed by atoms with Gasteiger partial charge in [-0.05, 0) is 13.0 Å². The summed E-state index contributed by atoms with van der Waals surface area (Å²) in [5.41, 5.74) is 0. The third-order valence-corrected chi connectivity index (χ3v) is 2.78. The molecule has 1 amide bonds. The van der Waals surface area contributed by atoms with Crippen LogP contribution in [0.1, 0.15) is 13.3 Å². The van der Waals surface area contributed by atoms with Gasteiger partial charge in [0.15, 0.2) is 6.61 Å². The number of carbonyl (C=O) groups excluding carboxylic acids is 1. The highest BCUT2D eigenvalue weighted by atomic mass is 19.4. The first-order chi connectivity index (χ1) is 8.64. The van der Waals surface area contributed by atoms with Crippen molar-refractivity contribution in [2.45, 2.75) is 31.5 Å². The molecule has 1 aliphatic rings. The van der Waals surface area contributed by atoms with Crippen LogP contribution in [0.15, 0.2) is 0 Å². The van der Waals surface area contributed by atoms with Crippen LogP contribution >= 0.6 is 0 Å². The van der Waals surface area contributed by atoms with Crippen molar-refractivity contribution in [2.24, 2.45) is 0 Å². The molecule has 1 heterocycles. The maximum atomic E-state index is 13.6. The van der Waals surface area contributed by atoms with Gasteiger partial charge in [0.2, 0.25) is 0 Å². The molecule has 1 saturated heterocycles. The van der Waals surface area contributed by atoms with Gasteiger partial charge in [-0.25, -0.2) is 13.6 Å². The summed E-state index contributed by atoms with van der Waals surface area (Å²) in [6, 6.07) is -1.50. The number of alkyl halides is 5. The first-order valence-electron chi connectivity index (χ1n) is 5.74. The first-order valence-corrected chi connectivity index (χ1v) is 5.74. The van der Waals surface area contributed by atoms with Gasteiger partial charge >= 0.3 is 12.3 Å². The molecule has 1 rings (SSSR count). The van der Waals surface area contributed by atoms with Gasteiger partial charge in [-0.1, -0.05) is 6.92 Å². The molecule has 0 unspecified atom stereocenters. The fraction of sp³-hybridized carbons (Fsp3) is 0.900. The number of halogens is 5. The zero-order valence-corrected chi connectivity index (χ0v) is 10.3. The van der Waals surface area contributed by atoms with E-state index in [4.69, 9.17) is 0 Å². The van der Waals surface area contributed by atoms with Crippen LogP contribution in [0.25, 0.3) is 0 Å². The van der Waals surface area contributed by atoms with Crippen LogP contribution in [0.2, 0.25) is 0 Å². The summed E-state index contributed by atoms with van der Waals surface area (Å²) in [5, 5.41) is 1.79. The lowest BCUT2D eigenvalue weighted by molar-refractivity contribution is -0.161. The van der Waals surface area contributed by atoms with Crippen LogP contribution in [0.4, 0.5) is 26.7 Å². The topological polar surface area (TPSA) is 41.6 Å². The van der Waals surface area contributed by atoms with E-state index in [9.17, 15) is 26.7 Å². The Balaban J connectivity index is 2.46. The molecule has 0 radical (unpaired) electrons. The highest BCUT2D eigenvalue weighted by Crippen LogP contribution is 2.27. The Morgan fingerprint density at radius 1 is 1.47 bits per heavy atom. The Labute approximate surface area is 106 Å². The van der Waals surface area contributed by atoms with Crippen LogP contribution in [-0.4, -0.2) is 55.4 Å². The van der Waals surface area contributed by atoms with Crippen molar-refractivity contribution >= 4 is 6.09 Å². The first kappa shape index (κ1) is 15.9. The van der Waals surface area contributed by atoms with Crippen molar-refractivity contribution in [3.8, 4) is 0 Å². The molecule has 19 heavy (non-hydrogen) atoms. The van der Waals surface area contributed by atoms with Crippen LogP contribution < -0.4 is 5.32 Å². The molecule has 4 nitrogen and oxygen atoms in total. The minimum atomic E-state index is -4.68. The number of carbonyl (C=O) groups is 1. The number of hydrogen-bond donors (Lipinski definition) is 1. The molecule has 0 aromatic rings. The maximum Gasteiger partial charge on any atom is 0.422 e. The van der Waals surface area contributed by atoms with Gasteiger partial charge in [-0.2, -0.15) is 13.2 Å². The van der Waals surface area contributed by atoms with E-state index in [1.54, 1.807) is 12.2 Å². The molecule has 0 aromatic carbocycles. The second kappa shape index (κ2) is 5.89. The average Bonchev–Trinajstić information content (AvgIpc) is 2.28. The average molecular weight is 290 g/mol. The van der Waals surface area contributed by atoms with Crippen molar-refractivity contribution in [1.29, 1.82) is 0 Å². The Hall–Kier alpha value is -1.12. The summed E-state index contributed by atoms with van der Waals surface area (Å²) < 4.78 is 66.4. The Kier molecular flexibility index (Phi) is 4.94. The third-order valence-electron chi connectivity index (χ3n) is 2.78. The fourth-order valence-corrected chi connectivity index (χ4v) is 1.79. The van der Waals surface area contributed by atoms with Crippen LogP contribution in [-0.2, 0) is 4.74 Å². The molecular weight excluding hydrogens is 275 g/mol. The Morgan fingerprint density at radius 2 is 2.11 bits per heavy atom. The zero-order valence-electron chi connectivity index (χ0n) is 10.3. The second-order valence-corrected chi connectivity index (χ2v) is 4.31. The summed E-state index contributed by atoms with van der Waals surface area (Å²) in [5.74, 6) is -3.19. The minimum absolute atomic E-state index is 0.0397. The number of nitrogens with one attached hydrogen (secondary N) is 1. The highest BCUT2D eigenvalue weighted by molar-refractivity contribution is 5.67. The quantitative estimate of drug-likeness (QED) is 0.808. The molecule has 0 bridgehead atoms. The Bertz CT molecular complexity index is 322. The van der Waals surface area contributed by atoms with Gasteiger partial charge in [0, 0.05) is 6.54 Å². The van der Waals surface area contributed by atoms with E-state index in [2.05, 4.69) is 4.74 Å². The van der Waals surface area contributed by atoms with Gasteiger partial charge < -0.3 is 10.1 Å². The molecule has 0 aliphatic carbocycles. The van der Waals surface area contributed by atoms with Crippen molar-refractivity contribution in [3.05, 3.63) is 0 Å². The smallest absolute Gasteiger partial charge is 0.422 e. The van der Waals surface area contributed by atoms with Crippen molar-refractivity contribution in [3.63, 3.8) is 0 Å². The van der Waals surface area contributed by atoms with Crippen molar-refractivity contribution in [2.75, 3.05) is 26.2 Å². The lowest BCUT2D eigenvalue weighted by Crippen LogP contribution is -2.58. The third kappa shape index (κ3) is 5.17. The molecule has 112 valence electrons. The van der Waals surface area contributed by atoms with Crippen LogP contribution in [0, 0.1) is 0 Å². The van der Waals surface area contributed by atoms with Crippen molar-refractivity contribution in [1.82, 2.24) is 10.2 Å². The van der Waals surface area contributed by atoms with Gasteiger partial charge in [-0.3, -0.25) is 4.90 Å². The molecule has 1 fully saturated rings. The molecule has 9 heteroatoms. The highest BCUT2D eigenvalue weighted by Gasteiger charge is 2.45. The predicted octanol–water partition coefficient (Wildman–Crippen LogP) is 2.00. The van der Waals surface area contributed by atoms with Crippen LogP contribution in [0.5, 0.6) is 0 Å². The van der Waals surface area contributed by atoms with E-state index in [-0.39, 0.29) is 6.42 Å². The summed E-state index contributed by atoms with van der Waals surface area (Å²) in [6.45, 7) is 0.185. The maximum absolute atomic E-state index is 13.6. The number of amides is 1. The summed E-state index contributed by atoms with van der Waals surface area (Å²) in [6.07, 6.45) is -6.19. The molecule has 0 spiro atoms. The van der Waals surface area contributed by atoms with Gasteiger partial charge in [0.1, 0.15) is 0 Å². The number of piperidine rings is 1. The zero-order chi connectivity index (χ0) is 14.7. The largest absolute Gasteiger partial charge is 0.440 e. The fourth-order valence-electron chi connectivity index (χ4n) is 1.79. The molecular formula is C10H15F5N2O2. The molecule has 1 atom stereocenters. The molecule has 1 N–H and O–H groups in total. The summed E-state index contributed by atoms with van der Waals surface area (Å²) in [4.78, 5) is 12.5. The number of likely N-dealkylation sites (tertiary alicyclic amines) is 1. The van der Waals surface area contributed by atoms with E-state index in [1.807, 2.05) is 0 Å². The van der Waals surface area contributed by atoms with Gasteiger partial charge in [0.05, 0.1) is 12.6 Å². The number of ether oxygens (including phenoxy) is 1. The molecule has 0 saturated carbocycles. The number of alkyl carbamates (subject to hydrolysis) is 1. The normalized spacial score (nSPS) is 24.0. The Morgan fingerprint density at radius 3 is 2.58 bits per heavy atom. The van der Waals surface area contributed by atoms with E-state index in [0.29, 0.717) is 13.1 Å². The molecule has 1 aliphatic heterocycles. The van der Waals surface area contributed by atoms with Crippen LogP contribution in [0.3, 0.4) is 0 Å². The predicted molar refractivity (Wildman–Crippen MR) is 56.0 cm³/mol. The monoisotopic (exact) mass is 290 g/mol. The van der Waals surface area contributed by atoms with E-state index in [0.717, 1.165) is 0 Å². The number of hydrogen-bond acceptors (Lipinski definition) is 3. The van der Waals surface area contributed by atoms with E-state index < -0.39 is 37.4 Å². The number of rotatable bonds is 3.